The number of thiazole rings is 1. The maximum absolute atomic E-state index is 14.2. The fraction of sp³-hybridized carbons (Fsp3) is 0.265. The highest BCUT2D eigenvalue weighted by molar-refractivity contribution is 7.07. The Bertz CT molecular complexity index is 2000. The van der Waals surface area contributed by atoms with Crippen molar-refractivity contribution in [2.45, 2.75) is 46.4 Å². The Hall–Kier alpha value is -4.12. The molecule has 1 aromatic heterocycles. The Labute approximate surface area is 278 Å². The third-order valence-electron chi connectivity index (χ3n) is 7.00. The second-order valence-electron chi connectivity index (χ2n) is 10.6. The van der Waals surface area contributed by atoms with Crippen LogP contribution in [0.2, 0.25) is 10.0 Å². The number of carbonyl (C=O) groups excluding carboxylic acids is 1. The summed E-state index contributed by atoms with van der Waals surface area (Å²) in [4.78, 5) is 32.5. The first-order valence-corrected chi connectivity index (χ1v) is 16.0. The van der Waals surface area contributed by atoms with Crippen molar-refractivity contribution in [3.63, 3.8) is 0 Å². The third-order valence-corrected chi connectivity index (χ3v) is 8.49. The molecule has 2 heterocycles. The van der Waals surface area contributed by atoms with E-state index in [0.29, 0.717) is 48.4 Å². The van der Waals surface area contributed by atoms with Crippen molar-refractivity contribution in [1.82, 2.24) is 4.57 Å². The van der Waals surface area contributed by atoms with E-state index in [2.05, 4.69) is 4.99 Å². The van der Waals surface area contributed by atoms with Crippen LogP contribution in [0.25, 0.3) is 6.08 Å². The lowest BCUT2D eigenvalue weighted by atomic mass is 9.95. The summed E-state index contributed by atoms with van der Waals surface area (Å²) in [6.07, 6.45) is 1.53. The largest absolute Gasteiger partial charge is 0.493 e. The molecule has 46 heavy (non-hydrogen) atoms. The number of aromatic nitrogens is 1. The number of ether oxygens (including phenoxy) is 4. The minimum Gasteiger partial charge on any atom is -0.493 e. The van der Waals surface area contributed by atoms with E-state index in [1.165, 1.54) is 29.9 Å². The Morgan fingerprint density at radius 1 is 1.11 bits per heavy atom. The number of halogens is 3. The van der Waals surface area contributed by atoms with Gasteiger partial charge in [-0.1, -0.05) is 52.7 Å². The van der Waals surface area contributed by atoms with Gasteiger partial charge < -0.3 is 18.9 Å². The van der Waals surface area contributed by atoms with Gasteiger partial charge in [0.1, 0.15) is 18.2 Å². The van der Waals surface area contributed by atoms with Gasteiger partial charge >= 0.3 is 5.97 Å². The maximum atomic E-state index is 14.2. The molecule has 0 N–H and O–H groups in total. The van der Waals surface area contributed by atoms with Gasteiger partial charge in [-0.2, -0.15) is 0 Å². The molecule has 3 aromatic carbocycles. The summed E-state index contributed by atoms with van der Waals surface area (Å²) in [5.41, 5.74) is 2.04. The Morgan fingerprint density at radius 3 is 2.52 bits per heavy atom. The molecular formula is C34H31Cl2FN2O6S. The molecule has 0 unspecified atom stereocenters. The molecule has 8 nitrogen and oxygen atoms in total. The topological polar surface area (TPSA) is 88.4 Å². The number of carbonyl (C=O) groups is 1. The van der Waals surface area contributed by atoms with Crippen molar-refractivity contribution >= 4 is 46.6 Å². The van der Waals surface area contributed by atoms with E-state index < -0.39 is 17.6 Å². The smallest absolute Gasteiger partial charge is 0.338 e. The van der Waals surface area contributed by atoms with E-state index in [9.17, 15) is 14.0 Å². The highest BCUT2D eigenvalue weighted by Gasteiger charge is 2.34. The summed E-state index contributed by atoms with van der Waals surface area (Å²) in [6.45, 7) is 7.48. The Kier molecular flexibility index (Phi) is 10.2. The van der Waals surface area contributed by atoms with Gasteiger partial charge in [0.25, 0.3) is 5.56 Å². The molecule has 0 fully saturated rings. The van der Waals surface area contributed by atoms with Crippen LogP contribution in [0.5, 0.6) is 17.2 Å². The van der Waals surface area contributed by atoms with Crippen LogP contribution < -0.4 is 29.1 Å². The van der Waals surface area contributed by atoms with Gasteiger partial charge in [-0.05, 0) is 81.3 Å². The number of esters is 1. The maximum Gasteiger partial charge on any atom is 0.338 e. The molecule has 0 radical (unpaired) electrons. The molecule has 1 aliphatic heterocycles. The zero-order valence-electron chi connectivity index (χ0n) is 25.7. The van der Waals surface area contributed by atoms with Crippen molar-refractivity contribution in [2.75, 3.05) is 13.7 Å². The minimum atomic E-state index is -0.864. The van der Waals surface area contributed by atoms with Crippen molar-refractivity contribution in [3.8, 4) is 17.2 Å². The molecule has 0 amide bonds. The molecule has 12 heteroatoms. The highest BCUT2D eigenvalue weighted by Crippen LogP contribution is 2.37. The van der Waals surface area contributed by atoms with Gasteiger partial charge in [-0.15, -0.1) is 0 Å². The number of nitrogens with zero attached hydrogens (tertiary/aromatic N) is 2. The molecule has 0 spiro atoms. The molecule has 0 aliphatic carbocycles. The summed E-state index contributed by atoms with van der Waals surface area (Å²) in [7, 11) is 1.52. The van der Waals surface area contributed by atoms with Crippen LogP contribution >= 0.6 is 34.5 Å². The lowest BCUT2D eigenvalue weighted by Gasteiger charge is -2.25. The predicted molar refractivity (Wildman–Crippen MR) is 176 cm³/mol. The average molecular weight is 686 g/mol. The van der Waals surface area contributed by atoms with Gasteiger partial charge in [0.2, 0.25) is 0 Å². The number of hydrogen-bond acceptors (Lipinski definition) is 8. The SMILES string of the molecule is CCOC(=O)C1=C(C)N=c2s/c(=C/c3cc(Cl)cc(Cl)c3OCc3ccc(F)cc3)c(=O)n2[C@@H]1c1ccc(OC(C)C)c(OC)c1. The summed E-state index contributed by atoms with van der Waals surface area (Å²) in [5, 5.41) is 0.579. The van der Waals surface area contributed by atoms with Crippen molar-refractivity contribution in [2.24, 2.45) is 4.99 Å². The fourth-order valence-corrected chi connectivity index (χ4v) is 6.63. The molecule has 0 bridgehead atoms. The number of benzene rings is 3. The van der Waals surface area contributed by atoms with Crippen LogP contribution in [0.4, 0.5) is 4.39 Å². The fourth-order valence-electron chi connectivity index (χ4n) is 5.03. The van der Waals surface area contributed by atoms with Gasteiger partial charge in [-0.25, -0.2) is 14.2 Å². The van der Waals surface area contributed by atoms with Crippen LogP contribution in [0.1, 0.15) is 50.4 Å². The number of allylic oxidation sites excluding steroid dienone is 1. The second kappa shape index (κ2) is 14.1. The number of fused-ring (bicyclic) bond motifs is 1. The highest BCUT2D eigenvalue weighted by atomic mass is 35.5. The van der Waals surface area contributed by atoms with Crippen LogP contribution in [0.3, 0.4) is 0 Å². The summed E-state index contributed by atoms with van der Waals surface area (Å²) in [6, 6.07) is 13.5. The van der Waals surface area contributed by atoms with E-state index in [4.69, 9.17) is 42.1 Å². The van der Waals surface area contributed by atoms with E-state index >= 15 is 0 Å². The zero-order valence-corrected chi connectivity index (χ0v) is 28.1. The Morgan fingerprint density at radius 2 is 1.85 bits per heavy atom. The van der Waals surface area contributed by atoms with Gasteiger partial charge in [-0.3, -0.25) is 9.36 Å². The van der Waals surface area contributed by atoms with Gasteiger partial charge in [0, 0.05) is 10.6 Å². The molecule has 0 saturated heterocycles. The predicted octanol–water partition coefficient (Wildman–Crippen LogP) is 6.62. The third kappa shape index (κ3) is 6.99. The lowest BCUT2D eigenvalue weighted by Crippen LogP contribution is -2.40. The van der Waals surface area contributed by atoms with Crippen molar-refractivity contribution in [1.29, 1.82) is 0 Å². The first kappa shape index (κ1) is 33.2. The molecule has 240 valence electrons. The van der Waals surface area contributed by atoms with E-state index in [1.807, 2.05) is 13.8 Å². The standard InChI is InChI=1S/C34H31Cl2FN2O6S/c1-6-43-33(41)29-19(4)38-34-39(30(29)21-9-12-26(45-18(2)3)27(14-21)42-5)32(40)28(46-34)15-22-13-23(35)16-25(36)31(22)44-17-20-7-10-24(37)11-8-20/h7-16,18,30H,6,17H2,1-5H3/b28-15+/t30-/m1/s1. The van der Waals surface area contributed by atoms with Gasteiger partial charge in [0.05, 0.1) is 46.7 Å². The van der Waals surface area contributed by atoms with E-state index in [1.54, 1.807) is 56.3 Å². The number of hydrogen-bond donors (Lipinski definition) is 0. The molecule has 1 aliphatic rings. The summed E-state index contributed by atoms with van der Waals surface area (Å²) >= 11 is 14.1. The first-order chi connectivity index (χ1) is 22.0. The zero-order chi connectivity index (χ0) is 33.1. The average Bonchev–Trinajstić information content (AvgIpc) is 3.30. The monoisotopic (exact) mass is 684 g/mol. The van der Waals surface area contributed by atoms with Crippen LogP contribution in [0.15, 0.2) is 75.7 Å². The number of methoxy groups -OCH3 is 1. The second-order valence-corrected chi connectivity index (χ2v) is 12.5. The number of rotatable bonds is 10. The van der Waals surface area contributed by atoms with Crippen molar-refractivity contribution in [3.05, 3.63) is 118 Å². The quantitative estimate of drug-likeness (QED) is 0.175. The Balaban J connectivity index is 1.66. The lowest BCUT2D eigenvalue weighted by molar-refractivity contribution is -0.139. The van der Waals surface area contributed by atoms with E-state index in [-0.39, 0.29) is 35.7 Å². The molecule has 1 atom stereocenters. The van der Waals surface area contributed by atoms with Crippen molar-refractivity contribution < 1.29 is 28.1 Å². The summed E-state index contributed by atoms with van der Waals surface area (Å²) < 4.78 is 38.1. The molecular weight excluding hydrogens is 654 g/mol. The molecule has 5 rings (SSSR count). The van der Waals surface area contributed by atoms with Crippen LogP contribution in [0, 0.1) is 5.82 Å². The minimum absolute atomic E-state index is 0.0980. The van der Waals surface area contributed by atoms with E-state index in [0.717, 1.165) is 16.9 Å². The van der Waals surface area contributed by atoms with Crippen LogP contribution in [-0.2, 0) is 16.1 Å². The molecule has 0 saturated carbocycles. The molecule has 4 aromatic rings. The normalized spacial score (nSPS) is 14.6. The van der Waals surface area contributed by atoms with Crippen LogP contribution in [-0.4, -0.2) is 30.4 Å². The summed E-state index contributed by atoms with van der Waals surface area (Å²) in [5.74, 6) is 0.331. The first-order valence-electron chi connectivity index (χ1n) is 14.4. The van der Waals surface area contributed by atoms with Gasteiger partial charge in [0.15, 0.2) is 16.3 Å².